The predicted molar refractivity (Wildman–Crippen MR) is 66.5 cm³/mol. The SMILES string of the molecule is CCOC(=O)c1c(OC(F)F)ccc(I)c1C#N. The van der Waals surface area contributed by atoms with Gasteiger partial charge in [-0.2, -0.15) is 14.0 Å². The zero-order valence-corrected chi connectivity index (χ0v) is 11.4. The minimum absolute atomic E-state index is 0.0350. The quantitative estimate of drug-likeness (QED) is 0.607. The molecule has 0 atom stereocenters. The standard InChI is InChI=1S/C11H8F2INO3/c1-2-17-10(16)9-6(5-15)7(14)3-4-8(9)18-11(12)13/h3-4,11H,2H2,1H3. The molecule has 4 nitrogen and oxygen atoms in total. The van der Waals surface area contributed by atoms with Crippen LogP contribution in [0.25, 0.3) is 0 Å². The molecule has 0 amide bonds. The van der Waals surface area contributed by atoms with E-state index in [2.05, 4.69) is 4.74 Å². The van der Waals surface area contributed by atoms with Gasteiger partial charge >= 0.3 is 12.6 Å². The number of esters is 1. The first-order valence-corrected chi connectivity index (χ1v) is 5.93. The van der Waals surface area contributed by atoms with Gasteiger partial charge in [-0.3, -0.25) is 0 Å². The van der Waals surface area contributed by atoms with Gasteiger partial charge in [0.25, 0.3) is 0 Å². The molecule has 0 aliphatic heterocycles. The van der Waals surface area contributed by atoms with Crippen molar-refractivity contribution in [2.24, 2.45) is 0 Å². The van der Waals surface area contributed by atoms with Crippen molar-refractivity contribution in [2.75, 3.05) is 6.61 Å². The molecule has 0 aliphatic rings. The molecule has 0 bridgehead atoms. The molecule has 96 valence electrons. The first-order valence-electron chi connectivity index (χ1n) is 4.85. The van der Waals surface area contributed by atoms with Crippen LogP contribution in [0, 0.1) is 14.9 Å². The van der Waals surface area contributed by atoms with Crippen LogP contribution in [0.3, 0.4) is 0 Å². The molecule has 1 rings (SSSR count). The van der Waals surface area contributed by atoms with Gasteiger partial charge in [0.05, 0.1) is 12.2 Å². The van der Waals surface area contributed by atoms with Crippen LogP contribution in [-0.2, 0) is 4.74 Å². The molecule has 18 heavy (non-hydrogen) atoms. The van der Waals surface area contributed by atoms with Gasteiger partial charge in [0.15, 0.2) is 0 Å². The summed E-state index contributed by atoms with van der Waals surface area (Å²) in [7, 11) is 0. The van der Waals surface area contributed by atoms with E-state index in [4.69, 9.17) is 10.00 Å². The van der Waals surface area contributed by atoms with Crippen molar-refractivity contribution in [1.82, 2.24) is 0 Å². The Bertz CT molecular complexity index is 500. The second-order valence-electron chi connectivity index (χ2n) is 3.01. The highest BCUT2D eigenvalue weighted by Gasteiger charge is 2.23. The smallest absolute Gasteiger partial charge is 0.387 e. The van der Waals surface area contributed by atoms with Gasteiger partial charge in [0.2, 0.25) is 0 Å². The second kappa shape index (κ2) is 6.49. The number of rotatable bonds is 4. The van der Waals surface area contributed by atoms with Crippen molar-refractivity contribution in [3.8, 4) is 11.8 Å². The zero-order valence-electron chi connectivity index (χ0n) is 9.25. The third kappa shape index (κ3) is 3.29. The summed E-state index contributed by atoms with van der Waals surface area (Å²) >= 11 is 1.82. The zero-order chi connectivity index (χ0) is 13.7. The van der Waals surface area contributed by atoms with E-state index in [0.29, 0.717) is 3.57 Å². The van der Waals surface area contributed by atoms with E-state index in [0.717, 1.165) is 0 Å². The molecular weight excluding hydrogens is 359 g/mol. The third-order valence-corrected chi connectivity index (χ3v) is 2.82. The van der Waals surface area contributed by atoms with Crippen LogP contribution in [0.5, 0.6) is 5.75 Å². The van der Waals surface area contributed by atoms with Gasteiger partial charge in [0.1, 0.15) is 17.4 Å². The Balaban J connectivity index is 3.35. The molecular formula is C11H8F2INO3. The lowest BCUT2D eigenvalue weighted by Crippen LogP contribution is -2.13. The molecule has 0 saturated carbocycles. The number of benzene rings is 1. The Morgan fingerprint density at radius 3 is 2.72 bits per heavy atom. The summed E-state index contributed by atoms with van der Waals surface area (Å²) in [4.78, 5) is 11.7. The van der Waals surface area contributed by atoms with Crippen molar-refractivity contribution in [3.05, 3.63) is 26.8 Å². The predicted octanol–water partition coefficient (Wildman–Crippen LogP) is 2.94. The Morgan fingerprint density at radius 2 is 2.22 bits per heavy atom. The lowest BCUT2D eigenvalue weighted by molar-refractivity contribution is -0.0504. The van der Waals surface area contributed by atoms with Gasteiger partial charge in [-0.05, 0) is 41.6 Å². The van der Waals surface area contributed by atoms with Gasteiger partial charge in [-0.15, -0.1) is 0 Å². The average molecular weight is 367 g/mol. The highest BCUT2D eigenvalue weighted by Crippen LogP contribution is 2.28. The number of carbonyl (C=O) groups is 1. The second-order valence-corrected chi connectivity index (χ2v) is 4.17. The molecule has 0 unspecified atom stereocenters. The minimum atomic E-state index is -3.08. The molecule has 1 aromatic rings. The van der Waals surface area contributed by atoms with E-state index in [1.165, 1.54) is 12.1 Å². The third-order valence-electron chi connectivity index (χ3n) is 1.92. The van der Waals surface area contributed by atoms with E-state index in [-0.39, 0.29) is 23.5 Å². The van der Waals surface area contributed by atoms with Crippen molar-refractivity contribution >= 4 is 28.6 Å². The monoisotopic (exact) mass is 367 g/mol. The molecule has 0 saturated heterocycles. The van der Waals surface area contributed by atoms with E-state index in [1.54, 1.807) is 13.0 Å². The highest BCUT2D eigenvalue weighted by atomic mass is 127. The summed E-state index contributed by atoms with van der Waals surface area (Å²) in [6.45, 7) is -1.43. The van der Waals surface area contributed by atoms with Crippen LogP contribution >= 0.6 is 22.6 Å². The lowest BCUT2D eigenvalue weighted by atomic mass is 10.1. The number of alkyl halides is 2. The summed E-state index contributed by atoms with van der Waals surface area (Å²) in [5.74, 6) is -1.22. The number of hydrogen-bond acceptors (Lipinski definition) is 4. The summed E-state index contributed by atoms with van der Waals surface area (Å²) in [6, 6.07) is 4.41. The number of hydrogen-bond donors (Lipinski definition) is 0. The normalized spacial score (nSPS) is 10.0. The molecule has 1 aromatic carbocycles. The van der Waals surface area contributed by atoms with Gasteiger partial charge in [0, 0.05) is 3.57 Å². The summed E-state index contributed by atoms with van der Waals surface area (Å²) in [5, 5.41) is 8.97. The number of nitrogens with zero attached hydrogens (tertiary/aromatic N) is 1. The maximum Gasteiger partial charge on any atom is 0.387 e. The molecule has 0 radical (unpaired) electrons. The molecule has 0 aromatic heterocycles. The van der Waals surface area contributed by atoms with Crippen LogP contribution < -0.4 is 4.74 Å². The van der Waals surface area contributed by atoms with Crippen LogP contribution in [0.4, 0.5) is 8.78 Å². The van der Waals surface area contributed by atoms with E-state index >= 15 is 0 Å². The Morgan fingerprint density at radius 1 is 1.56 bits per heavy atom. The average Bonchev–Trinajstić information content (AvgIpc) is 2.30. The summed E-state index contributed by atoms with van der Waals surface area (Å²) in [6.07, 6.45) is 0. The molecule has 0 fully saturated rings. The van der Waals surface area contributed by atoms with E-state index in [1.807, 2.05) is 22.6 Å². The maximum absolute atomic E-state index is 12.2. The van der Waals surface area contributed by atoms with Gasteiger partial charge in [-0.25, -0.2) is 4.79 Å². The van der Waals surface area contributed by atoms with Crippen molar-refractivity contribution < 1.29 is 23.0 Å². The van der Waals surface area contributed by atoms with E-state index < -0.39 is 12.6 Å². The fourth-order valence-corrected chi connectivity index (χ4v) is 1.84. The topological polar surface area (TPSA) is 59.3 Å². The minimum Gasteiger partial charge on any atom is -0.462 e. The highest BCUT2D eigenvalue weighted by molar-refractivity contribution is 14.1. The van der Waals surface area contributed by atoms with Gasteiger partial charge < -0.3 is 9.47 Å². The van der Waals surface area contributed by atoms with Crippen molar-refractivity contribution in [2.45, 2.75) is 13.5 Å². The fourth-order valence-electron chi connectivity index (χ4n) is 1.27. The lowest BCUT2D eigenvalue weighted by Gasteiger charge is -2.12. The van der Waals surface area contributed by atoms with Gasteiger partial charge in [-0.1, -0.05) is 0 Å². The van der Waals surface area contributed by atoms with Crippen LogP contribution in [0.15, 0.2) is 12.1 Å². The van der Waals surface area contributed by atoms with Crippen molar-refractivity contribution in [3.63, 3.8) is 0 Å². The Kier molecular flexibility index (Phi) is 5.27. The number of ether oxygens (including phenoxy) is 2. The molecule has 0 aliphatic carbocycles. The first kappa shape index (κ1) is 14.6. The largest absolute Gasteiger partial charge is 0.462 e. The number of carbonyl (C=O) groups excluding carboxylic acids is 1. The molecule has 7 heteroatoms. The maximum atomic E-state index is 12.2. The van der Waals surface area contributed by atoms with Crippen LogP contribution in [0.2, 0.25) is 0 Å². The number of halogens is 3. The fraction of sp³-hybridized carbons (Fsp3) is 0.273. The summed E-state index contributed by atoms with van der Waals surface area (Å²) in [5.41, 5.74) is -0.307. The Labute approximate surface area is 116 Å². The Hall–Kier alpha value is -1.43. The van der Waals surface area contributed by atoms with Crippen molar-refractivity contribution in [1.29, 1.82) is 5.26 Å². The molecule has 0 spiro atoms. The summed E-state index contributed by atoms with van der Waals surface area (Å²) < 4.78 is 33.9. The molecule has 0 N–H and O–H groups in total. The first-order chi connectivity index (χ1) is 8.51. The number of nitriles is 1. The molecule has 0 heterocycles. The van der Waals surface area contributed by atoms with E-state index in [9.17, 15) is 13.6 Å². The van der Waals surface area contributed by atoms with Crippen LogP contribution in [0.1, 0.15) is 22.8 Å². The van der Waals surface area contributed by atoms with Crippen LogP contribution in [-0.4, -0.2) is 19.2 Å².